The topological polar surface area (TPSA) is 81.2 Å². The van der Waals surface area contributed by atoms with Crippen molar-refractivity contribution in [2.24, 2.45) is 0 Å². The number of nitrogens with zero attached hydrogens (tertiary/aromatic N) is 5. The third kappa shape index (κ3) is 4.38. The lowest BCUT2D eigenvalue weighted by Crippen LogP contribution is -1.99. The Morgan fingerprint density at radius 1 is 0.380 bits per heavy atom. The predicted octanol–water partition coefficient (Wildman–Crippen LogP) is 10.8. The second-order valence-corrected chi connectivity index (χ2v) is 12.3. The maximum atomic E-state index is 10.6. The van der Waals surface area contributed by atoms with Gasteiger partial charge >= 0.3 is 0 Å². The van der Waals surface area contributed by atoms with Crippen LogP contribution in [0, 0.1) is 34.0 Å². The smallest absolute Gasteiger partial charge is 0.0998 e. The van der Waals surface area contributed by atoms with Crippen molar-refractivity contribution in [1.29, 1.82) is 15.8 Å². The monoisotopic (exact) mass is 635 g/mol. The van der Waals surface area contributed by atoms with E-state index in [0.29, 0.717) is 16.7 Å². The molecule has 2 heterocycles. The molecule has 0 unspecified atom stereocenters. The van der Waals surface area contributed by atoms with Gasteiger partial charge in [0.05, 0.1) is 62.7 Å². The molecule has 7 aromatic carbocycles. The summed E-state index contributed by atoms with van der Waals surface area (Å²) in [6.07, 6.45) is 0. The molecule has 0 bridgehead atoms. The molecule has 2 aromatic heterocycles. The van der Waals surface area contributed by atoms with Gasteiger partial charge in [-0.15, -0.1) is 0 Å². The molecule has 0 spiro atoms. The first kappa shape index (κ1) is 28.8. The maximum absolute atomic E-state index is 10.6. The van der Waals surface area contributed by atoms with Gasteiger partial charge in [-0.05, 0) is 77.9 Å². The van der Waals surface area contributed by atoms with E-state index in [2.05, 4.69) is 88.0 Å². The maximum Gasteiger partial charge on any atom is 0.0998 e. The van der Waals surface area contributed by atoms with Crippen LogP contribution >= 0.6 is 0 Å². The fourth-order valence-electron chi connectivity index (χ4n) is 7.39. The van der Waals surface area contributed by atoms with E-state index in [0.717, 1.165) is 77.2 Å². The van der Waals surface area contributed by atoms with Crippen molar-refractivity contribution in [3.05, 3.63) is 168 Å². The van der Waals surface area contributed by atoms with Gasteiger partial charge in [0.25, 0.3) is 0 Å². The van der Waals surface area contributed by atoms with E-state index in [1.54, 1.807) is 0 Å². The Balaban J connectivity index is 1.20. The predicted molar refractivity (Wildman–Crippen MR) is 200 cm³/mol. The van der Waals surface area contributed by atoms with Crippen molar-refractivity contribution < 1.29 is 0 Å². The van der Waals surface area contributed by atoms with Gasteiger partial charge in [-0.3, -0.25) is 0 Å². The van der Waals surface area contributed by atoms with E-state index in [1.165, 1.54) is 0 Å². The van der Waals surface area contributed by atoms with Crippen LogP contribution in [0.15, 0.2) is 152 Å². The molecule has 0 aliphatic heterocycles. The number of nitriles is 3. The van der Waals surface area contributed by atoms with Crippen LogP contribution in [0.4, 0.5) is 0 Å². The number of hydrogen-bond donors (Lipinski definition) is 0. The zero-order chi connectivity index (χ0) is 33.8. The molecule has 9 aromatic rings. The number of aromatic nitrogens is 2. The first-order valence-corrected chi connectivity index (χ1v) is 16.3. The van der Waals surface area contributed by atoms with Crippen molar-refractivity contribution in [1.82, 2.24) is 9.13 Å². The Kier molecular flexibility index (Phi) is 6.56. The first-order chi connectivity index (χ1) is 24.7. The van der Waals surface area contributed by atoms with Gasteiger partial charge in [-0.1, -0.05) is 84.9 Å². The zero-order valence-corrected chi connectivity index (χ0v) is 26.7. The molecule has 0 N–H and O–H groups in total. The average molecular weight is 636 g/mol. The van der Waals surface area contributed by atoms with E-state index >= 15 is 0 Å². The largest absolute Gasteiger partial charge is 0.309 e. The van der Waals surface area contributed by atoms with Crippen molar-refractivity contribution >= 4 is 43.6 Å². The fourth-order valence-corrected chi connectivity index (χ4v) is 7.39. The van der Waals surface area contributed by atoms with E-state index in [-0.39, 0.29) is 0 Å². The summed E-state index contributed by atoms with van der Waals surface area (Å²) in [4.78, 5) is 0. The summed E-state index contributed by atoms with van der Waals surface area (Å²) in [5, 5.41) is 34.4. The molecule has 5 heteroatoms. The molecule has 0 saturated heterocycles. The normalized spacial score (nSPS) is 11.1. The summed E-state index contributed by atoms with van der Waals surface area (Å²) in [5.41, 5.74) is 11.3. The minimum atomic E-state index is 0.542. The highest BCUT2D eigenvalue weighted by Gasteiger charge is 2.19. The molecule has 0 fully saturated rings. The summed E-state index contributed by atoms with van der Waals surface area (Å²) < 4.78 is 4.42. The van der Waals surface area contributed by atoms with Gasteiger partial charge in [0.15, 0.2) is 0 Å². The third-order valence-corrected chi connectivity index (χ3v) is 9.62. The number of hydrogen-bond acceptors (Lipinski definition) is 3. The molecule has 50 heavy (non-hydrogen) atoms. The van der Waals surface area contributed by atoms with Crippen LogP contribution in [0.1, 0.15) is 16.7 Å². The number of fused-ring (bicyclic) bond motifs is 6. The minimum Gasteiger partial charge on any atom is -0.309 e. The van der Waals surface area contributed by atoms with Crippen molar-refractivity contribution in [3.8, 4) is 51.8 Å². The minimum absolute atomic E-state index is 0.542. The lowest BCUT2D eigenvalue weighted by molar-refractivity contribution is 1.18. The van der Waals surface area contributed by atoms with Gasteiger partial charge in [0.1, 0.15) is 0 Å². The standard InChI is InChI=1S/C45H25N5/c46-26-29-17-21-44-40(22-29)38-12-3-4-13-41(38)49(44)34-9-7-8-31(25-34)32-18-20-35(33(24-32)28-48)39-19-16-30(27-47)23-45(39)50-42-14-5-1-10-36(42)37-11-2-6-15-43(37)50/h1-25H. The Hall–Kier alpha value is -7.39. The number of para-hydroxylation sites is 3. The van der Waals surface area contributed by atoms with E-state index in [4.69, 9.17) is 0 Å². The zero-order valence-electron chi connectivity index (χ0n) is 26.7. The average Bonchev–Trinajstić information content (AvgIpc) is 3.70. The molecular formula is C45H25N5. The third-order valence-electron chi connectivity index (χ3n) is 9.62. The molecule has 5 nitrogen and oxygen atoms in total. The molecule has 0 aliphatic carbocycles. The SMILES string of the molecule is N#Cc1ccc(-c2ccc(-c3cccc(-n4c5ccccc5c5cc(C#N)ccc54)c3)cc2C#N)c(-n2c3ccccc3c3ccccc32)c1. The van der Waals surface area contributed by atoms with Crippen LogP contribution in [0.2, 0.25) is 0 Å². The van der Waals surface area contributed by atoms with Crippen molar-refractivity contribution in [2.75, 3.05) is 0 Å². The van der Waals surface area contributed by atoms with Crippen molar-refractivity contribution in [2.45, 2.75) is 0 Å². The lowest BCUT2D eigenvalue weighted by Gasteiger charge is -2.16. The molecule has 0 aliphatic rings. The molecule has 0 atom stereocenters. The Morgan fingerprint density at radius 3 is 1.62 bits per heavy atom. The van der Waals surface area contributed by atoms with Crippen LogP contribution in [-0.2, 0) is 0 Å². The summed E-state index contributed by atoms with van der Waals surface area (Å²) in [7, 11) is 0. The van der Waals surface area contributed by atoms with Gasteiger partial charge in [0, 0.05) is 38.4 Å². The van der Waals surface area contributed by atoms with Gasteiger partial charge in [-0.25, -0.2) is 0 Å². The van der Waals surface area contributed by atoms with Gasteiger partial charge in [0.2, 0.25) is 0 Å². The Bertz CT molecular complexity index is 2920. The Morgan fingerprint density at radius 2 is 0.940 bits per heavy atom. The highest BCUT2D eigenvalue weighted by molar-refractivity contribution is 6.11. The lowest BCUT2D eigenvalue weighted by atomic mass is 9.93. The van der Waals surface area contributed by atoms with Crippen molar-refractivity contribution in [3.63, 3.8) is 0 Å². The summed E-state index contributed by atoms with van der Waals surface area (Å²) in [6.45, 7) is 0. The van der Waals surface area contributed by atoms with Gasteiger partial charge < -0.3 is 9.13 Å². The Labute approximate surface area is 287 Å². The fraction of sp³-hybridized carbons (Fsp3) is 0. The number of benzene rings is 7. The highest BCUT2D eigenvalue weighted by atomic mass is 15.0. The van der Waals surface area contributed by atoms with Crippen LogP contribution in [-0.4, -0.2) is 9.13 Å². The molecule has 0 amide bonds. The van der Waals surface area contributed by atoms with E-state index < -0.39 is 0 Å². The van der Waals surface area contributed by atoms with Crippen LogP contribution < -0.4 is 0 Å². The molecule has 9 rings (SSSR count). The molecule has 0 radical (unpaired) electrons. The molecular weight excluding hydrogens is 611 g/mol. The van der Waals surface area contributed by atoms with E-state index in [9.17, 15) is 15.8 Å². The molecule has 230 valence electrons. The van der Waals surface area contributed by atoms with Crippen LogP contribution in [0.3, 0.4) is 0 Å². The van der Waals surface area contributed by atoms with E-state index in [1.807, 2.05) is 91.0 Å². The molecule has 0 saturated carbocycles. The first-order valence-electron chi connectivity index (χ1n) is 16.3. The second kappa shape index (κ2) is 11.4. The summed E-state index contributed by atoms with van der Waals surface area (Å²) >= 11 is 0. The quantitative estimate of drug-likeness (QED) is 0.193. The van der Waals surface area contributed by atoms with Gasteiger partial charge in [-0.2, -0.15) is 15.8 Å². The second-order valence-electron chi connectivity index (χ2n) is 12.3. The van der Waals surface area contributed by atoms with Crippen LogP contribution in [0.25, 0.3) is 77.2 Å². The number of rotatable bonds is 4. The summed E-state index contributed by atoms with van der Waals surface area (Å²) in [5.74, 6) is 0. The summed E-state index contributed by atoms with van der Waals surface area (Å²) in [6, 6.07) is 57.7. The highest BCUT2D eigenvalue weighted by Crippen LogP contribution is 2.39. The van der Waals surface area contributed by atoms with Crippen LogP contribution in [0.5, 0.6) is 0 Å².